The summed E-state index contributed by atoms with van der Waals surface area (Å²) in [6, 6.07) is -0.536. The lowest BCUT2D eigenvalue weighted by molar-refractivity contribution is -0.143. The van der Waals surface area contributed by atoms with Crippen LogP contribution in [0.1, 0.15) is 438 Å². The van der Waals surface area contributed by atoms with E-state index in [0.29, 0.717) is 25.9 Å². The van der Waals surface area contributed by atoms with E-state index in [1.54, 1.807) is 0 Å². The van der Waals surface area contributed by atoms with Crippen LogP contribution in [0.25, 0.3) is 0 Å². The highest BCUT2D eigenvalue weighted by Gasteiger charge is 2.20. The molecule has 86 heavy (non-hydrogen) atoms. The van der Waals surface area contributed by atoms with Crippen LogP contribution in [0.4, 0.5) is 0 Å². The van der Waals surface area contributed by atoms with Crippen molar-refractivity contribution in [3.8, 4) is 0 Å². The topological polar surface area (TPSA) is 95.9 Å². The van der Waals surface area contributed by atoms with Gasteiger partial charge in [-0.15, -0.1) is 0 Å². The molecule has 0 rings (SSSR count). The van der Waals surface area contributed by atoms with Crippen LogP contribution in [0, 0.1) is 0 Å². The number of hydrogen-bond acceptors (Lipinski definition) is 5. The smallest absolute Gasteiger partial charge is 0.305 e. The summed E-state index contributed by atoms with van der Waals surface area (Å²) in [6.45, 7) is 4.95. The number of nitrogens with one attached hydrogen (secondary N) is 1. The van der Waals surface area contributed by atoms with Crippen molar-refractivity contribution in [1.29, 1.82) is 0 Å². The van der Waals surface area contributed by atoms with Crippen LogP contribution in [-0.4, -0.2) is 47.4 Å². The number of aliphatic hydroxyl groups is 2. The molecule has 0 aliphatic carbocycles. The molecule has 6 nitrogen and oxygen atoms in total. The summed E-state index contributed by atoms with van der Waals surface area (Å²) in [5, 5.41) is 23.2. The van der Waals surface area contributed by atoms with Crippen LogP contribution in [0.15, 0.2) is 36.5 Å². The molecule has 0 heterocycles. The molecular weight excluding hydrogens is 1050 g/mol. The van der Waals surface area contributed by atoms with Crippen LogP contribution >= 0.6 is 0 Å². The molecule has 0 spiro atoms. The third-order valence-electron chi connectivity index (χ3n) is 18.4. The second-order valence-corrected chi connectivity index (χ2v) is 27.0. The number of allylic oxidation sites excluding steroid dienone is 6. The number of unbranched alkanes of at least 4 members (excludes halogenated alkanes) is 57. The van der Waals surface area contributed by atoms with Crippen LogP contribution in [0.3, 0.4) is 0 Å². The van der Waals surface area contributed by atoms with Crippen molar-refractivity contribution in [3.63, 3.8) is 0 Å². The molecule has 0 saturated carbocycles. The molecular formula is C80H153NO5. The molecule has 0 radical (unpaired) electrons. The third kappa shape index (κ3) is 71.2. The number of carbonyl (C=O) groups is 2. The molecule has 0 fully saturated rings. The predicted molar refractivity (Wildman–Crippen MR) is 379 cm³/mol. The Morgan fingerprint density at radius 2 is 0.581 bits per heavy atom. The number of carbonyl (C=O) groups excluding carboxylic acids is 2. The Balaban J connectivity index is 3.29. The molecule has 0 aromatic carbocycles. The van der Waals surface area contributed by atoms with Gasteiger partial charge in [0.05, 0.1) is 25.4 Å². The maximum Gasteiger partial charge on any atom is 0.305 e. The third-order valence-corrected chi connectivity index (χ3v) is 18.4. The van der Waals surface area contributed by atoms with E-state index in [4.69, 9.17) is 4.74 Å². The fourth-order valence-corrected chi connectivity index (χ4v) is 12.4. The van der Waals surface area contributed by atoms with Gasteiger partial charge in [-0.25, -0.2) is 0 Å². The van der Waals surface area contributed by atoms with Gasteiger partial charge in [0, 0.05) is 12.8 Å². The van der Waals surface area contributed by atoms with Crippen molar-refractivity contribution in [1.82, 2.24) is 5.32 Å². The highest BCUT2D eigenvalue weighted by atomic mass is 16.5. The molecule has 0 bridgehead atoms. The summed E-state index contributed by atoms with van der Waals surface area (Å²) in [6.07, 6.45) is 98.2. The Kier molecular flexibility index (Phi) is 73.9. The normalized spacial score (nSPS) is 12.7. The molecule has 6 heteroatoms. The first-order chi connectivity index (χ1) is 42.5. The molecule has 0 saturated heterocycles. The summed E-state index contributed by atoms with van der Waals surface area (Å²) in [5.41, 5.74) is 0. The minimum absolute atomic E-state index is 0.0192. The first-order valence-corrected chi connectivity index (χ1v) is 39.2. The van der Waals surface area contributed by atoms with E-state index in [1.807, 2.05) is 0 Å². The lowest BCUT2D eigenvalue weighted by Gasteiger charge is -2.22. The first kappa shape index (κ1) is 84.1. The number of aliphatic hydroxyl groups excluding tert-OH is 2. The number of hydrogen-bond donors (Lipinski definition) is 3. The molecule has 0 aromatic heterocycles. The summed E-state index contributed by atoms with van der Waals surface area (Å²) in [5.74, 6) is -0.0103. The summed E-state index contributed by atoms with van der Waals surface area (Å²) in [4.78, 5) is 24.6. The minimum Gasteiger partial charge on any atom is -0.466 e. The van der Waals surface area contributed by atoms with Gasteiger partial charge in [-0.05, 0) is 83.5 Å². The zero-order valence-corrected chi connectivity index (χ0v) is 58.3. The number of ether oxygens (including phenoxy) is 1. The van der Waals surface area contributed by atoms with E-state index in [2.05, 4.69) is 55.6 Å². The Bertz CT molecular complexity index is 1390. The van der Waals surface area contributed by atoms with Crippen molar-refractivity contribution in [2.75, 3.05) is 13.2 Å². The summed E-state index contributed by atoms with van der Waals surface area (Å²) in [7, 11) is 0. The Hall–Kier alpha value is -1.92. The van der Waals surface area contributed by atoms with E-state index >= 15 is 0 Å². The minimum atomic E-state index is -0.659. The van der Waals surface area contributed by atoms with Gasteiger partial charge in [-0.3, -0.25) is 9.59 Å². The largest absolute Gasteiger partial charge is 0.466 e. The molecule has 1 amide bonds. The zero-order chi connectivity index (χ0) is 62.0. The van der Waals surface area contributed by atoms with Crippen molar-refractivity contribution >= 4 is 11.9 Å². The van der Waals surface area contributed by atoms with Gasteiger partial charge in [0.2, 0.25) is 5.91 Å². The van der Waals surface area contributed by atoms with Crippen molar-refractivity contribution < 1.29 is 24.5 Å². The van der Waals surface area contributed by atoms with Gasteiger partial charge < -0.3 is 20.3 Å². The zero-order valence-electron chi connectivity index (χ0n) is 58.3. The van der Waals surface area contributed by atoms with Crippen LogP contribution in [0.5, 0.6) is 0 Å². The highest BCUT2D eigenvalue weighted by Crippen LogP contribution is 2.20. The summed E-state index contributed by atoms with van der Waals surface area (Å²) < 4.78 is 5.52. The lowest BCUT2D eigenvalue weighted by atomic mass is 10.0. The molecule has 3 N–H and O–H groups in total. The van der Waals surface area contributed by atoms with Crippen LogP contribution in [0.2, 0.25) is 0 Å². The van der Waals surface area contributed by atoms with Crippen molar-refractivity contribution in [2.24, 2.45) is 0 Å². The predicted octanol–water partition coefficient (Wildman–Crippen LogP) is 25.8. The molecule has 0 aliphatic rings. The monoisotopic (exact) mass is 1210 g/mol. The fraction of sp³-hybridized carbons (Fsp3) is 0.900. The van der Waals surface area contributed by atoms with Gasteiger partial charge in [-0.1, -0.05) is 378 Å². The van der Waals surface area contributed by atoms with Crippen LogP contribution < -0.4 is 5.32 Å². The van der Waals surface area contributed by atoms with E-state index in [-0.39, 0.29) is 18.5 Å². The standard InChI is InChI=1S/C80H153NO5/c1-3-5-7-9-11-13-15-16-17-18-40-44-47-50-54-58-62-66-70-74-80(85)86-75-71-67-63-59-55-51-48-45-42-39-37-35-33-31-29-27-25-23-21-19-20-22-24-26-28-30-32-34-36-38-41-43-46-49-53-57-61-65-69-73-79(84)81-77(76-82)78(83)72-68-64-60-56-52-14-12-10-8-6-4-2/h11,13,16-17,19-20,77-78,82-83H,3-10,12,14-15,18,21-76H2,1-2H3,(H,81,84)/b13-11-,17-16-,20-19-. The van der Waals surface area contributed by atoms with Gasteiger partial charge in [-0.2, -0.15) is 0 Å². The molecule has 0 aliphatic heterocycles. The van der Waals surface area contributed by atoms with E-state index < -0.39 is 12.1 Å². The second-order valence-electron chi connectivity index (χ2n) is 27.0. The van der Waals surface area contributed by atoms with Gasteiger partial charge in [0.25, 0.3) is 0 Å². The molecule has 508 valence electrons. The molecule has 0 aromatic rings. The Labute approximate surface area is 538 Å². The Morgan fingerprint density at radius 3 is 0.919 bits per heavy atom. The quantitative estimate of drug-likeness (QED) is 0.0320. The van der Waals surface area contributed by atoms with Crippen molar-refractivity contribution in [2.45, 2.75) is 450 Å². The maximum absolute atomic E-state index is 12.5. The number of esters is 1. The number of amides is 1. The molecule has 2 atom stereocenters. The van der Waals surface area contributed by atoms with E-state index in [9.17, 15) is 19.8 Å². The lowest BCUT2D eigenvalue weighted by Crippen LogP contribution is -2.45. The Morgan fingerprint density at radius 1 is 0.326 bits per heavy atom. The fourth-order valence-electron chi connectivity index (χ4n) is 12.4. The van der Waals surface area contributed by atoms with Gasteiger partial charge in [0.1, 0.15) is 0 Å². The van der Waals surface area contributed by atoms with Crippen molar-refractivity contribution in [3.05, 3.63) is 36.5 Å². The average molecular weight is 1210 g/mol. The van der Waals surface area contributed by atoms with Gasteiger partial charge in [0.15, 0.2) is 0 Å². The molecule has 2 unspecified atom stereocenters. The highest BCUT2D eigenvalue weighted by molar-refractivity contribution is 5.76. The van der Waals surface area contributed by atoms with Gasteiger partial charge >= 0.3 is 5.97 Å². The second kappa shape index (κ2) is 75.5. The number of rotatable bonds is 74. The maximum atomic E-state index is 12.5. The van der Waals surface area contributed by atoms with E-state index in [0.717, 1.165) is 44.9 Å². The SMILES string of the molecule is CCCCC/C=C\C/C=C\CCCCCCCCCCCC(=O)OCCCCCCCCCCCCCCCCCCCC/C=C\CCCCCCCCCCCCCCCCCCCC(=O)NC(CO)C(O)CCCCCCCCCCCCC. The average Bonchev–Trinajstić information content (AvgIpc) is 3.58. The summed E-state index contributed by atoms with van der Waals surface area (Å²) >= 11 is 0. The van der Waals surface area contributed by atoms with Crippen LogP contribution in [-0.2, 0) is 14.3 Å². The first-order valence-electron chi connectivity index (χ1n) is 39.2. The van der Waals surface area contributed by atoms with E-state index in [1.165, 1.54) is 360 Å².